The van der Waals surface area contributed by atoms with Crippen molar-refractivity contribution in [1.82, 2.24) is 10.3 Å². The van der Waals surface area contributed by atoms with Gasteiger partial charge < -0.3 is 19.8 Å². The highest BCUT2D eigenvalue weighted by Crippen LogP contribution is 2.20. The molecular formula is C29H34N2O4. The van der Waals surface area contributed by atoms with Crippen LogP contribution < -0.4 is 5.32 Å². The van der Waals surface area contributed by atoms with E-state index >= 15 is 0 Å². The number of hydrogen-bond acceptors (Lipinski definition) is 4. The number of aromatic nitrogens is 1. The van der Waals surface area contributed by atoms with Crippen molar-refractivity contribution in [2.75, 3.05) is 6.61 Å². The van der Waals surface area contributed by atoms with Crippen molar-refractivity contribution in [1.29, 1.82) is 0 Å². The summed E-state index contributed by atoms with van der Waals surface area (Å²) in [6, 6.07) is 16.4. The number of H-pyrrole nitrogens is 1. The number of alkyl carbamates (subject to hydrolysis) is 1. The summed E-state index contributed by atoms with van der Waals surface area (Å²) in [7, 11) is 0. The van der Waals surface area contributed by atoms with E-state index in [1.165, 1.54) is 5.57 Å². The maximum absolute atomic E-state index is 13.0. The van der Waals surface area contributed by atoms with Crippen molar-refractivity contribution >= 4 is 23.0 Å². The number of allylic oxidation sites excluding steroid dienone is 2. The van der Waals surface area contributed by atoms with Crippen LogP contribution in [-0.2, 0) is 27.3 Å². The molecule has 3 aromatic rings. The van der Waals surface area contributed by atoms with E-state index in [2.05, 4.69) is 23.0 Å². The number of benzene rings is 2. The number of para-hydroxylation sites is 1. The minimum Gasteiger partial charge on any atom is -0.459 e. The number of fused-ring (bicyclic) bond motifs is 1. The molecule has 184 valence electrons. The van der Waals surface area contributed by atoms with Gasteiger partial charge in [0.15, 0.2) is 0 Å². The van der Waals surface area contributed by atoms with Gasteiger partial charge in [0.2, 0.25) is 0 Å². The van der Waals surface area contributed by atoms with Crippen molar-refractivity contribution in [3.05, 3.63) is 95.7 Å². The van der Waals surface area contributed by atoms with Gasteiger partial charge in [-0.2, -0.15) is 0 Å². The first-order chi connectivity index (χ1) is 16.8. The predicted molar refractivity (Wildman–Crippen MR) is 139 cm³/mol. The highest BCUT2D eigenvalue weighted by Gasteiger charge is 2.25. The average molecular weight is 475 g/mol. The molecule has 2 unspecified atom stereocenters. The summed E-state index contributed by atoms with van der Waals surface area (Å²) in [4.78, 5) is 28.9. The van der Waals surface area contributed by atoms with Crippen molar-refractivity contribution < 1.29 is 19.1 Å². The minimum atomic E-state index is -0.897. The summed E-state index contributed by atoms with van der Waals surface area (Å²) < 4.78 is 11.0. The molecule has 6 nitrogen and oxygen atoms in total. The summed E-state index contributed by atoms with van der Waals surface area (Å²) in [6.07, 6.45) is 4.31. The van der Waals surface area contributed by atoms with E-state index in [9.17, 15) is 9.59 Å². The first-order valence-electron chi connectivity index (χ1n) is 11.8. The number of ether oxygens (including phenoxy) is 2. The van der Waals surface area contributed by atoms with Crippen molar-refractivity contribution in [2.45, 2.75) is 46.3 Å². The minimum absolute atomic E-state index is 0.00718. The number of aromatic amines is 1. The summed E-state index contributed by atoms with van der Waals surface area (Å²) in [5, 5.41) is 3.71. The van der Waals surface area contributed by atoms with Crippen LogP contribution in [0.25, 0.3) is 10.9 Å². The summed E-state index contributed by atoms with van der Waals surface area (Å²) in [5.41, 5.74) is 4.88. The smallest absolute Gasteiger partial charge is 0.407 e. The molecule has 0 aliphatic rings. The van der Waals surface area contributed by atoms with Crippen molar-refractivity contribution in [3.63, 3.8) is 0 Å². The summed E-state index contributed by atoms with van der Waals surface area (Å²) >= 11 is 0. The number of rotatable bonds is 11. The third-order valence-electron chi connectivity index (χ3n) is 5.82. The Bertz CT molecular complexity index is 1180. The van der Waals surface area contributed by atoms with Crippen LogP contribution in [0.2, 0.25) is 0 Å². The van der Waals surface area contributed by atoms with Gasteiger partial charge in [0.05, 0.1) is 6.61 Å². The van der Waals surface area contributed by atoms with Crippen LogP contribution in [0.15, 0.2) is 84.6 Å². The van der Waals surface area contributed by atoms with Gasteiger partial charge in [-0.3, -0.25) is 0 Å². The SMILES string of the molecule is C=C(C)C(CC=C(C)C)COC(=O)NC(Cc1c[nH]c2ccccc12)C(=O)OCc1ccccc1. The maximum Gasteiger partial charge on any atom is 0.407 e. The first kappa shape index (κ1) is 25.8. The summed E-state index contributed by atoms with van der Waals surface area (Å²) in [6.45, 7) is 10.3. The fraction of sp³-hybridized carbons (Fsp3) is 0.310. The number of nitrogens with one attached hydrogen (secondary N) is 2. The second-order valence-corrected chi connectivity index (χ2v) is 9.01. The van der Waals surface area contributed by atoms with Crippen molar-refractivity contribution in [3.8, 4) is 0 Å². The largest absolute Gasteiger partial charge is 0.459 e. The molecule has 2 atom stereocenters. The Kier molecular flexibility index (Phi) is 9.30. The van der Waals surface area contributed by atoms with Gasteiger partial charge in [0, 0.05) is 29.4 Å². The standard InChI is InChI=1S/C29H34N2O4/c1-20(2)14-15-23(21(3)4)19-35-29(33)31-27(28(32)34-18-22-10-6-5-7-11-22)16-24-17-30-26-13-9-8-12-25(24)26/h5-14,17,23,27,30H,3,15-16,18-19H2,1-2,4H3,(H,31,33). The number of esters is 1. The van der Waals surface area contributed by atoms with Gasteiger partial charge in [-0.25, -0.2) is 9.59 Å². The molecule has 1 aromatic heterocycles. The monoisotopic (exact) mass is 474 g/mol. The van der Waals surface area contributed by atoms with Crippen LogP contribution in [0.5, 0.6) is 0 Å². The Morgan fingerprint density at radius 2 is 1.74 bits per heavy atom. The molecule has 0 saturated heterocycles. The quantitative estimate of drug-likeness (QED) is 0.260. The zero-order valence-electron chi connectivity index (χ0n) is 20.7. The topological polar surface area (TPSA) is 80.4 Å². The molecule has 2 N–H and O–H groups in total. The Morgan fingerprint density at radius 3 is 2.46 bits per heavy atom. The van der Waals surface area contributed by atoms with E-state index in [1.807, 2.05) is 81.6 Å². The second-order valence-electron chi connectivity index (χ2n) is 9.01. The lowest BCUT2D eigenvalue weighted by Crippen LogP contribution is -2.44. The van der Waals surface area contributed by atoms with Crippen LogP contribution in [0, 0.1) is 5.92 Å². The van der Waals surface area contributed by atoms with Crippen molar-refractivity contribution in [2.24, 2.45) is 5.92 Å². The number of carbonyl (C=O) groups excluding carboxylic acids is 2. The average Bonchev–Trinajstić information content (AvgIpc) is 3.25. The molecule has 1 heterocycles. The van der Waals surface area contributed by atoms with Gasteiger partial charge >= 0.3 is 12.1 Å². The Morgan fingerprint density at radius 1 is 1.03 bits per heavy atom. The Labute approximate surface area is 207 Å². The normalized spacial score (nSPS) is 12.4. The van der Waals surface area contributed by atoms with E-state index in [4.69, 9.17) is 9.47 Å². The second kappa shape index (κ2) is 12.6. The molecule has 2 aromatic carbocycles. The number of amides is 1. The van der Waals surface area contributed by atoms with Crippen LogP contribution >= 0.6 is 0 Å². The van der Waals surface area contributed by atoms with Crippen LogP contribution in [-0.4, -0.2) is 29.7 Å². The molecule has 0 aliphatic carbocycles. The van der Waals surface area contributed by atoms with Gasteiger partial charge in [0.1, 0.15) is 12.6 Å². The fourth-order valence-corrected chi connectivity index (χ4v) is 3.69. The van der Waals surface area contributed by atoms with Gasteiger partial charge in [-0.05, 0) is 44.4 Å². The lowest BCUT2D eigenvalue weighted by Gasteiger charge is -2.20. The van der Waals surface area contributed by atoms with Gasteiger partial charge in [0.25, 0.3) is 0 Å². The van der Waals surface area contributed by atoms with Gasteiger partial charge in [-0.1, -0.05) is 72.3 Å². The van der Waals surface area contributed by atoms with E-state index in [0.29, 0.717) is 0 Å². The molecule has 0 saturated carbocycles. The van der Waals surface area contributed by atoms with E-state index < -0.39 is 18.1 Å². The van der Waals surface area contributed by atoms with Crippen LogP contribution in [0.4, 0.5) is 4.79 Å². The zero-order chi connectivity index (χ0) is 25.2. The highest BCUT2D eigenvalue weighted by atomic mass is 16.6. The molecule has 0 fully saturated rings. The van der Waals surface area contributed by atoms with E-state index in [0.717, 1.165) is 34.0 Å². The van der Waals surface area contributed by atoms with E-state index in [-0.39, 0.29) is 25.6 Å². The molecule has 35 heavy (non-hydrogen) atoms. The van der Waals surface area contributed by atoms with Gasteiger partial charge in [-0.15, -0.1) is 0 Å². The third kappa shape index (κ3) is 7.88. The molecule has 3 rings (SSSR count). The molecule has 6 heteroatoms. The molecule has 0 bridgehead atoms. The molecule has 0 radical (unpaired) electrons. The zero-order valence-corrected chi connectivity index (χ0v) is 20.7. The number of hydrogen-bond donors (Lipinski definition) is 2. The fourth-order valence-electron chi connectivity index (χ4n) is 3.69. The Hall–Kier alpha value is -3.80. The first-order valence-corrected chi connectivity index (χ1v) is 11.8. The van der Waals surface area contributed by atoms with Crippen LogP contribution in [0.1, 0.15) is 38.3 Å². The molecule has 1 amide bonds. The molecule has 0 spiro atoms. The third-order valence-corrected chi connectivity index (χ3v) is 5.82. The highest BCUT2D eigenvalue weighted by molar-refractivity contribution is 5.86. The van der Waals surface area contributed by atoms with Crippen LogP contribution in [0.3, 0.4) is 0 Å². The lowest BCUT2D eigenvalue weighted by molar-refractivity contribution is -0.147. The number of carbonyl (C=O) groups is 2. The maximum atomic E-state index is 13.0. The molecular weight excluding hydrogens is 440 g/mol. The molecule has 0 aliphatic heterocycles. The summed E-state index contributed by atoms with van der Waals surface area (Å²) in [5.74, 6) is -0.509. The van der Waals surface area contributed by atoms with E-state index in [1.54, 1.807) is 0 Å². The Balaban J connectivity index is 1.69. The lowest BCUT2D eigenvalue weighted by atomic mass is 9.98. The predicted octanol–water partition coefficient (Wildman–Crippen LogP) is 6.10.